The van der Waals surface area contributed by atoms with E-state index >= 15 is 0 Å². The molecule has 0 saturated carbocycles. The zero-order valence-corrected chi connectivity index (χ0v) is 11.2. The van der Waals surface area contributed by atoms with E-state index in [-0.39, 0.29) is 12.3 Å². The second-order valence-corrected chi connectivity index (χ2v) is 4.81. The minimum Gasteiger partial charge on any atom is -0.481 e. The zero-order valence-electron chi connectivity index (χ0n) is 11.2. The summed E-state index contributed by atoms with van der Waals surface area (Å²) >= 11 is 0. The molecule has 0 aromatic heterocycles. The topological polar surface area (TPSA) is 46.5 Å². The molecular weight excluding hydrogens is 240 g/mol. The van der Waals surface area contributed by atoms with Crippen molar-refractivity contribution in [3.05, 3.63) is 59.7 Å². The monoisotopic (exact) mass is 258 g/mol. The number of aliphatic carboxylic acids is 1. The lowest BCUT2D eigenvalue weighted by atomic mass is 9.76. The molecule has 1 N–H and O–H groups in total. The number of carboxylic acids is 1. The van der Waals surface area contributed by atoms with Crippen LogP contribution in [0, 0.1) is 12.8 Å². The van der Waals surface area contributed by atoms with Crippen molar-refractivity contribution in [2.24, 2.45) is 5.92 Å². The fourth-order valence-electron chi connectivity index (χ4n) is 2.53. The molecule has 2 unspecified atom stereocenters. The quantitative estimate of drug-likeness (QED) is 0.902. The summed E-state index contributed by atoms with van der Waals surface area (Å²) in [5, 5.41) is 9.07. The average Bonchev–Trinajstić information content (AvgIpc) is 2.40. The first-order chi connectivity index (χ1) is 9.08. The number of aryl methyl sites for hydroxylation is 1. The van der Waals surface area contributed by atoms with Gasteiger partial charge in [-0.15, -0.1) is 0 Å². The molecule has 1 aromatic carbocycles. The second-order valence-electron chi connectivity index (χ2n) is 4.81. The lowest BCUT2D eigenvalue weighted by Crippen LogP contribution is -2.36. The Morgan fingerprint density at radius 2 is 2.00 bits per heavy atom. The first-order valence-corrected chi connectivity index (χ1v) is 6.28. The Bertz CT molecular complexity index is 513. The minimum absolute atomic E-state index is 0.0442. The lowest BCUT2D eigenvalue weighted by molar-refractivity contribution is -0.140. The molecule has 19 heavy (non-hydrogen) atoms. The van der Waals surface area contributed by atoms with E-state index in [9.17, 15) is 4.79 Å². The van der Waals surface area contributed by atoms with E-state index in [1.807, 2.05) is 55.5 Å². The molecule has 0 amide bonds. The third-order valence-corrected chi connectivity index (χ3v) is 3.58. The van der Waals surface area contributed by atoms with Crippen LogP contribution in [-0.4, -0.2) is 18.2 Å². The van der Waals surface area contributed by atoms with Gasteiger partial charge in [-0.1, -0.05) is 48.1 Å². The van der Waals surface area contributed by atoms with E-state index in [1.165, 1.54) is 5.56 Å². The zero-order chi connectivity index (χ0) is 13.9. The summed E-state index contributed by atoms with van der Waals surface area (Å²) in [6.45, 7) is 2.02. The lowest BCUT2D eigenvalue weighted by Gasteiger charge is -2.37. The molecule has 0 spiro atoms. The molecule has 0 radical (unpaired) electrons. The van der Waals surface area contributed by atoms with Crippen molar-refractivity contribution in [3.63, 3.8) is 0 Å². The highest BCUT2D eigenvalue weighted by Crippen LogP contribution is 2.40. The van der Waals surface area contributed by atoms with Gasteiger partial charge in [0.1, 0.15) is 5.60 Å². The maximum absolute atomic E-state index is 11.0. The number of rotatable bonds is 4. The average molecular weight is 258 g/mol. The minimum atomic E-state index is -0.821. The number of methoxy groups -OCH3 is 1. The van der Waals surface area contributed by atoms with Crippen LogP contribution < -0.4 is 0 Å². The highest BCUT2D eigenvalue weighted by Gasteiger charge is 2.39. The van der Waals surface area contributed by atoms with Gasteiger partial charge in [0, 0.05) is 13.0 Å². The summed E-state index contributed by atoms with van der Waals surface area (Å²) in [5.41, 5.74) is 1.45. The summed E-state index contributed by atoms with van der Waals surface area (Å²) in [4.78, 5) is 11.0. The van der Waals surface area contributed by atoms with Crippen molar-refractivity contribution in [1.82, 2.24) is 0 Å². The van der Waals surface area contributed by atoms with E-state index < -0.39 is 11.6 Å². The van der Waals surface area contributed by atoms with Crippen molar-refractivity contribution >= 4 is 5.97 Å². The Morgan fingerprint density at radius 3 is 2.58 bits per heavy atom. The number of carbonyl (C=O) groups is 1. The molecule has 0 heterocycles. The number of hydrogen-bond acceptors (Lipinski definition) is 2. The standard InChI is InChI=1S/C16H18O3/c1-12-6-8-13(9-7-12)16(19-2)10-4-3-5-14(16)11-15(17)18/h3-10,14H,11H2,1-2H3,(H,17,18). The summed E-state index contributed by atoms with van der Waals surface area (Å²) in [5.74, 6) is -1.03. The van der Waals surface area contributed by atoms with E-state index in [2.05, 4.69) is 0 Å². The van der Waals surface area contributed by atoms with E-state index in [0.29, 0.717) is 0 Å². The van der Waals surface area contributed by atoms with Gasteiger partial charge >= 0.3 is 5.97 Å². The van der Waals surface area contributed by atoms with E-state index in [0.717, 1.165) is 5.56 Å². The van der Waals surface area contributed by atoms with E-state index in [1.54, 1.807) is 7.11 Å². The highest BCUT2D eigenvalue weighted by molar-refractivity contribution is 5.68. The van der Waals surface area contributed by atoms with Crippen molar-refractivity contribution in [3.8, 4) is 0 Å². The Labute approximate surface area is 113 Å². The predicted molar refractivity (Wildman–Crippen MR) is 73.9 cm³/mol. The smallest absolute Gasteiger partial charge is 0.304 e. The number of benzene rings is 1. The molecule has 3 nitrogen and oxygen atoms in total. The van der Waals surface area contributed by atoms with Crippen molar-refractivity contribution < 1.29 is 14.6 Å². The van der Waals surface area contributed by atoms with Crippen molar-refractivity contribution in [2.75, 3.05) is 7.11 Å². The number of allylic oxidation sites excluding steroid dienone is 2. The first-order valence-electron chi connectivity index (χ1n) is 6.28. The Kier molecular flexibility index (Phi) is 3.86. The third kappa shape index (κ3) is 2.61. The van der Waals surface area contributed by atoms with Gasteiger partial charge in [0.25, 0.3) is 0 Å². The summed E-state index contributed by atoms with van der Waals surface area (Å²) in [7, 11) is 1.62. The molecule has 2 atom stereocenters. The molecule has 0 fully saturated rings. The fourth-order valence-corrected chi connectivity index (χ4v) is 2.53. The molecule has 3 heteroatoms. The molecule has 0 bridgehead atoms. The SMILES string of the molecule is COC1(c2ccc(C)cc2)C=CC=CC1CC(=O)O. The van der Waals surface area contributed by atoms with Gasteiger partial charge in [-0.05, 0) is 18.6 Å². The van der Waals surface area contributed by atoms with Gasteiger partial charge in [-0.2, -0.15) is 0 Å². The van der Waals surface area contributed by atoms with Crippen LogP contribution in [0.3, 0.4) is 0 Å². The van der Waals surface area contributed by atoms with Crippen molar-refractivity contribution in [2.45, 2.75) is 18.9 Å². The molecule has 100 valence electrons. The maximum atomic E-state index is 11.0. The number of ether oxygens (including phenoxy) is 1. The molecule has 2 rings (SSSR count). The van der Waals surface area contributed by atoms with Gasteiger partial charge < -0.3 is 9.84 Å². The second kappa shape index (κ2) is 5.41. The summed E-state index contributed by atoms with van der Waals surface area (Å²) in [6, 6.07) is 8.02. The van der Waals surface area contributed by atoms with Crippen LogP contribution in [0.2, 0.25) is 0 Å². The first kappa shape index (κ1) is 13.6. The number of carboxylic acid groups (broad SMARTS) is 1. The molecule has 0 aliphatic heterocycles. The van der Waals surface area contributed by atoms with Gasteiger partial charge in [-0.25, -0.2) is 0 Å². The molecule has 1 aliphatic rings. The van der Waals surface area contributed by atoms with Gasteiger partial charge in [-0.3, -0.25) is 4.79 Å². The van der Waals surface area contributed by atoms with Crippen molar-refractivity contribution in [1.29, 1.82) is 0 Å². The van der Waals surface area contributed by atoms with Crippen LogP contribution in [0.4, 0.5) is 0 Å². The normalized spacial score (nSPS) is 25.5. The predicted octanol–water partition coefficient (Wildman–Crippen LogP) is 3.05. The molecular formula is C16H18O3. The van der Waals surface area contributed by atoms with Crippen LogP contribution >= 0.6 is 0 Å². The van der Waals surface area contributed by atoms with Crippen LogP contribution in [0.5, 0.6) is 0 Å². The Hall–Kier alpha value is -1.87. The largest absolute Gasteiger partial charge is 0.481 e. The summed E-state index contributed by atoms with van der Waals surface area (Å²) in [6.07, 6.45) is 7.66. The van der Waals surface area contributed by atoms with Gasteiger partial charge in [0.2, 0.25) is 0 Å². The maximum Gasteiger partial charge on any atom is 0.304 e. The summed E-state index contributed by atoms with van der Waals surface area (Å²) < 4.78 is 5.72. The molecule has 1 aliphatic carbocycles. The van der Waals surface area contributed by atoms with Gasteiger partial charge in [0.05, 0.1) is 6.42 Å². The Balaban J connectivity index is 2.43. The number of hydrogen-bond donors (Lipinski definition) is 1. The van der Waals surface area contributed by atoms with Gasteiger partial charge in [0.15, 0.2) is 0 Å². The van der Waals surface area contributed by atoms with Crippen LogP contribution in [0.25, 0.3) is 0 Å². The van der Waals surface area contributed by atoms with Crippen LogP contribution in [-0.2, 0) is 15.1 Å². The molecule has 1 aromatic rings. The molecule has 0 saturated heterocycles. The van der Waals surface area contributed by atoms with Crippen LogP contribution in [0.15, 0.2) is 48.6 Å². The third-order valence-electron chi connectivity index (χ3n) is 3.58. The Morgan fingerprint density at radius 1 is 1.32 bits per heavy atom. The van der Waals surface area contributed by atoms with Crippen LogP contribution in [0.1, 0.15) is 17.5 Å². The van der Waals surface area contributed by atoms with E-state index in [4.69, 9.17) is 9.84 Å². The highest BCUT2D eigenvalue weighted by atomic mass is 16.5. The fraction of sp³-hybridized carbons (Fsp3) is 0.312.